The van der Waals surface area contributed by atoms with Crippen LogP contribution in [0.15, 0.2) is 41.4 Å². The van der Waals surface area contributed by atoms with Crippen LogP contribution < -0.4 is 0 Å². The molecule has 1 nitrogen and oxygen atoms in total. The van der Waals surface area contributed by atoms with E-state index >= 15 is 0 Å². The molecular weight excluding hydrogens is 308 g/mol. The van der Waals surface area contributed by atoms with Crippen molar-refractivity contribution in [2.24, 2.45) is 5.41 Å². The molecule has 1 saturated heterocycles. The van der Waals surface area contributed by atoms with Crippen molar-refractivity contribution in [1.82, 2.24) is 0 Å². The predicted octanol–water partition coefficient (Wildman–Crippen LogP) is 4.26. The molecule has 96 valence electrons. The Balaban J connectivity index is 2.22. The summed E-state index contributed by atoms with van der Waals surface area (Å²) >= 11 is 5.33. The van der Waals surface area contributed by atoms with Crippen LogP contribution in [-0.4, -0.2) is 17.3 Å². The van der Waals surface area contributed by atoms with Gasteiger partial charge in [-0.15, -0.1) is 6.58 Å². The van der Waals surface area contributed by atoms with Gasteiger partial charge in [-0.25, -0.2) is 0 Å². The maximum absolute atomic E-state index is 12.3. The Bertz CT molecular complexity index is 440. The lowest BCUT2D eigenvalue weighted by Crippen LogP contribution is -2.39. The molecule has 0 aromatic heterocycles. The molecule has 1 aliphatic rings. The Labute approximate surface area is 121 Å². The molecule has 0 radical (unpaired) electrons. The molecular formula is C15H17BrOS. The van der Waals surface area contributed by atoms with E-state index in [1.165, 1.54) is 5.56 Å². The number of thioether (sulfide) groups is 1. The molecule has 0 saturated carbocycles. The van der Waals surface area contributed by atoms with Crippen molar-refractivity contribution in [3.8, 4) is 0 Å². The third-order valence-electron chi connectivity index (χ3n) is 3.43. The van der Waals surface area contributed by atoms with Crippen molar-refractivity contribution in [3.63, 3.8) is 0 Å². The average molecular weight is 325 g/mol. The molecule has 1 aromatic rings. The van der Waals surface area contributed by atoms with Gasteiger partial charge >= 0.3 is 0 Å². The molecule has 0 aliphatic carbocycles. The molecule has 0 amide bonds. The number of benzene rings is 1. The smallest absolute Gasteiger partial charge is 0.141 e. The fourth-order valence-electron chi connectivity index (χ4n) is 2.44. The van der Waals surface area contributed by atoms with Crippen LogP contribution in [0.5, 0.6) is 0 Å². The SMILES string of the molecule is C=CC[C@@]1(Cc2ccc(Br)cc2)CSCCC1=O. The van der Waals surface area contributed by atoms with E-state index in [4.69, 9.17) is 0 Å². The monoisotopic (exact) mass is 324 g/mol. The van der Waals surface area contributed by atoms with Crippen molar-refractivity contribution in [1.29, 1.82) is 0 Å². The van der Waals surface area contributed by atoms with Gasteiger partial charge in [-0.1, -0.05) is 34.1 Å². The average Bonchev–Trinajstić information content (AvgIpc) is 2.36. The number of ketones is 1. The number of allylic oxidation sites excluding steroid dienone is 1. The summed E-state index contributed by atoms with van der Waals surface area (Å²) < 4.78 is 1.08. The van der Waals surface area contributed by atoms with E-state index in [9.17, 15) is 4.79 Å². The standard InChI is InChI=1S/C15H17BrOS/c1-2-8-15(11-18-9-7-14(15)17)10-12-3-5-13(16)6-4-12/h2-6H,1,7-11H2/t15-/m1/s1. The van der Waals surface area contributed by atoms with Crippen molar-refractivity contribution in [2.45, 2.75) is 19.3 Å². The first-order chi connectivity index (χ1) is 8.66. The van der Waals surface area contributed by atoms with Crippen LogP contribution in [0.4, 0.5) is 0 Å². The van der Waals surface area contributed by atoms with Crippen LogP contribution in [0, 0.1) is 5.41 Å². The number of carbonyl (C=O) groups is 1. The first-order valence-corrected chi connectivity index (χ1v) is 8.07. The third kappa shape index (κ3) is 3.07. The first kappa shape index (κ1) is 13.9. The third-order valence-corrected chi connectivity index (χ3v) is 5.21. The normalized spacial score (nSPS) is 23.9. The number of Topliss-reactive ketones (excluding diaryl/α,β-unsaturated/α-hetero) is 1. The first-order valence-electron chi connectivity index (χ1n) is 6.13. The molecule has 2 rings (SSSR count). The van der Waals surface area contributed by atoms with Gasteiger partial charge in [-0.3, -0.25) is 4.79 Å². The maximum atomic E-state index is 12.3. The highest BCUT2D eigenvalue weighted by atomic mass is 79.9. The summed E-state index contributed by atoms with van der Waals surface area (Å²) in [6, 6.07) is 8.28. The van der Waals surface area contributed by atoms with Crippen LogP contribution in [0.25, 0.3) is 0 Å². The molecule has 1 aliphatic heterocycles. The van der Waals surface area contributed by atoms with Gasteiger partial charge in [0.2, 0.25) is 0 Å². The summed E-state index contributed by atoms with van der Waals surface area (Å²) in [4.78, 5) is 12.3. The largest absolute Gasteiger partial charge is 0.299 e. The zero-order chi connectivity index (χ0) is 13.0. The molecule has 0 N–H and O–H groups in total. The van der Waals surface area contributed by atoms with Gasteiger partial charge in [-0.05, 0) is 30.5 Å². The Kier molecular flexibility index (Phi) is 4.68. The van der Waals surface area contributed by atoms with Gasteiger partial charge in [0.1, 0.15) is 5.78 Å². The molecule has 0 bridgehead atoms. The Morgan fingerprint density at radius 3 is 2.72 bits per heavy atom. The minimum absolute atomic E-state index is 0.224. The number of halogens is 1. The second-order valence-electron chi connectivity index (χ2n) is 4.80. The van der Waals surface area contributed by atoms with Gasteiger partial charge in [0, 0.05) is 27.8 Å². The second kappa shape index (κ2) is 6.07. The summed E-state index contributed by atoms with van der Waals surface area (Å²) in [7, 11) is 0. The lowest BCUT2D eigenvalue weighted by atomic mass is 9.75. The topological polar surface area (TPSA) is 17.1 Å². The summed E-state index contributed by atoms with van der Waals surface area (Å²) in [5.41, 5.74) is 1.01. The van der Waals surface area contributed by atoms with E-state index in [0.29, 0.717) is 12.2 Å². The zero-order valence-corrected chi connectivity index (χ0v) is 12.7. The highest BCUT2D eigenvalue weighted by molar-refractivity contribution is 9.10. The predicted molar refractivity (Wildman–Crippen MR) is 82.0 cm³/mol. The molecule has 0 unspecified atom stereocenters. The number of carbonyl (C=O) groups excluding carboxylic acids is 1. The number of hydrogen-bond donors (Lipinski definition) is 0. The summed E-state index contributed by atoms with van der Waals surface area (Å²) in [6.45, 7) is 3.82. The number of hydrogen-bond acceptors (Lipinski definition) is 2. The highest BCUT2D eigenvalue weighted by Gasteiger charge is 2.38. The van der Waals surface area contributed by atoms with Crippen molar-refractivity contribution in [3.05, 3.63) is 47.0 Å². The van der Waals surface area contributed by atoms with Crippen LogP contribution >= 0.6 is 27.7 Å². The zero-order valence-electron chi connectivity index (χ0n) is 10.3. The molecule has 18 heavy (non-hydrogen) atoms. The van der Waals surface area contributed by atoms with Gasteiger partial charge in [0.15, 0.2) is 0 Å². The summed E-state index contributed by atoms with van der Waals surface area (Å²) in [6.07, 6.45) is 4.21. The lowest BCUT2D eigenvalue weighted by molar-refractivity contribution is -0.127. The van der Waals surface area contributed by atoms with Gasteiger partial charge in [-0.2, -0.15) is 11.8 Å². The van der Waals surface area contributed by atoms with Crippen molar-refractivity contribution < 1.29 is 4.79 Å². The second-order valence-corrected chi connectivity index (χ2v) is 6.82. The fraction of sp³-hybridized carbons (Fsp3) is 0.400. The molecule has 0 spiro atoms. The van der Waals surface area contributed by atoms with E-state index in [2.05, 4.69) is 34.6 Å². The minimum atomic E-state index is -0.224. The molecule has 1 aromatic carbocycles. The van der Waals surface area contributed by atoms with Gasteiger partial charge < -0.3 is 0 Å². The quantitative estimate of drug-likeness (QED) is 0.770. The Morgan fingerprint density at radius 1 is 1.39 bits per heavy atom. The van der Waals surface area contributed by atoms with E-state index in [-0.39, 0.29) is 5.41 Å². The lowest BCUT2D eigenvalue weighted by Gasteiger charge is -2.34. The molecule has 1 heterocycles. The van der Waals surface area contributed by atoms with Crippen molar-refractivity contribution >= 4 is 33.5 Å². The van der Waals surface area contributed by atoms with E-state index in [0.717, 1.165) is 28.8 Å². The molecule has 3 heteroatoms. The van der Waals surface area contributed by atoms with Crippen LogP contribution in [0.2, 0.25) is 0 Å². The maximum Gasteiger partial charge on any atom is 0.141 e. The van der Waals surface area contributed by atoms with Crippen LogP contribution in [0.1, 0.15) is 18.4 Å². The highest BCUT2D eigenvalue weighted by Crippen LogP contribution is 2.38. The van der Waals surface area contributed by atoms with Crippen molar-refractivity contribution in [2.75, 3.05) is 11.5 Å². The van der Waals surface area contributed by atoms with E-state index in [1.54, 1.807) is 0 Å². The van der Waals surface area contributed by atoms with E-state index < -0.39 is 0 Å². The molecule has 1 fully saturated rings. The molecule has 1 atom stereocenters. The van der Waals surface area contributed by atoms with Gasteiger partial charge in [0.05, 0.1) is 0 Å². The minimum Gasteiger partial charge on any atom is -0.299 e. The van der Waals surface area contributed by atoms with Gasteiger partial charge in [0.25, 0.3) is 0 Å². The Morgan fingerprint density at radius 2 is 2.11 bits per heavy atom. The van der Waals surface area contributed by atoms with Crippen LogP contribution in [-0.2, 0) is 11.2 Å². The fourth-order valence-corrected chi connectivity index (χ4v) is 3.95. The van der Waals surface area contributed by atoms with E-state index in [1.807, 2.05) is 30.0 Å². The summed E-state index contributed by atoms with van der Waals surface area (Å²) in [5, 5.41) is 0. The number of rotatable bonds is 4. The van der Waals surface area contributed by atoms with Crippen LogP contribution in [0.3, 0.4) is 0 Å². The Hall–Kier alpha value is -0.540. The summed E-state index contributed by atoms with van der Waals surface area (Å²) in [5.74, 6) is 2.30.